The number of rotatable bonds is 11. The molecule has 3 rings (SSSR count). The van der Waals surface area contributed by atoms with Crippen LogP contribution >= 0.6 is 0 Å². The van der Waals surface area contributed by atoms with Crippen molar-refractivity contribution in [3.05, 3.63) is 83.0 Å². The third kappa shape index (κ3) is 6.82. The molecule has 0 aliphatic carbocycles. The second-order valence-electron chi connectivity index (χ2n) is 7.70. The van der Waals surface area contributed by atoms with Crippen LogP contribution in [0, 0.1) is 0 Å². The van der Waals surface area contributed by atoms with E-state index in [-0.39, 0.29) is 11.7 Å². The second-order valence-corrected chi connectivity index (χ2v) is 7.70. The summed E-state index contributed by atoms with van der Waals surface area (Å²) in [7, 11) is 1.58. The number of nitrogens with two attached hydrogens (primary N) is 1. The quantitative estimate of drug-likeness (QED) is 0.403. The number of hydrogen-bond acceptors (Lipinski definition) is 5. The topological polar surface area (TPSA) is 86.5 Å². The van der Waals surface area contributed by atoms with Crippen molar-refractivity contribution in [2.45, 2.75) is 45.8 Å². The van der Waals surface area contributed by atoms with E-state index >= 15 is 0 Å². The number of carbonyl (C=O) groups is 1. The van der Waals surface area contributed by atoms with Crippen LogP contribution in [0.5, 0.6) is 11.5 Å². The summed E-state index contributed by atoms with van der Waals surface area (Å²) in [5.41, 5.74) is 9.20. The minimum Gasteiger partial charge on any atom is -0.457 e. The van der Waals surface area contributed by atoms with Crippen LogP contribution in [-0.4, -0.2) is 18.0 Å². The second kappa shape index (κ2) is 11.9. The Bertz CT molecular complexity index is 1020. The van der Waals surface area contributed by atoms with Crippen molar-refractivity contribution in [3.8, 4) is 11.5 Å². The van der Waals surface area contributed by atoms with E-state index in [1.165, 1.54) is 24.8 Å². The standard InChI is InChI=1S/C26H31N3O3/c1-3-4-5-7-19-8-6-9-23(16-19)32-22-13-10-20(11-14-22)17-28-26(30)24-15-12-21(18-31-2)29-25(24)27/h6,8-16H,3-5,7,17-18H2,1-2H3,(H2,27,29)(H,28,30). The fourth-order valence-electron chi connectivity index (χ4n) is 3.37. The molecule has 0 aliphatic rings. The Labute approximate surface area is 189 Å². The first-order chi connectivity index (χ1) is 15.6. The smallest absolute Gasteiger partial charge is 0.255 e. The molecule has 1 amide bonds. The summed E-state index contributed by atoms with van der Waals surface area (Å²) in [6.45, 7) is 2.94. The first kappa shape index (κ1) is 23.3. The van der Waals surface area contributed by atoms with Gasteiger partial charge in [-0.15, -0.1) is 0 Å². The maximum absolute atomic E-state index is 12.5. The number of benzene rings is 2. The highest BCUT2D eigenvalue weighted by molar-refractivity contribution is 5.98. The number of hydrogen-bond donors (Lipinski definition) is 2. The summed E-state index contributed by atoms with van der Waals surface area (Å²) >= 11 is 0. The Hall–Kier alpha value is -3.38. The van der Waals surface area contributed by atoms with Gasteiger partial charge in [0.05, 0.1) is 17.9 Å². The number of amides is 1. The lowest BCUT2D eigenvalue weighted by Gasteiger charge is -2.10. The Morgan fingerprint density at radius 3 is 2.53 bits per heavy atom. The SMILES string of the molecule is CCCCCc1cccc(Oc2ccc(CNC(=O)c3ccc(COC)nc3N)cc2)c1. The Kier molecular flexibility index (Phi) is 8.63. The molecule has 0 bridgehead atoms. The van der Waals surface area contributed by atoms with Gasteiger partial charge in [0.25, 0.3) is 5.91 Å². The molecule has 0 fully saturated rings. The summed E-state index contributed by atoms with van der Waals surface area (Å²) in [5.74, 6) is 1.52. The molecule has 0 atom stereocenters. The van der Waals surface area contributed by atoms with Crippen molar-refractivity contribution in [1.29, 1.82) is 0 Å². The van der Waals surface area contributed by atoms with E-state index in [9.17, 15) is 4.79 Å². The number of methoxy groups -OCH3 is 1. The number of anilines is 1. The van der Waals surface area contributed by atoms with E-state index in [4.69, 9.17) is 15.2 Å². The van der Waals surface area contributed by atoms with Crippen molar-refractivity contribution in [3.63, 3.8) is 0 Å². The summed E-state index contributed by atoms with van der Waals surface area (Å²) in [6, 6.07) is 19.3. The number of pyridine rings is 1. The van der Waals surface area contributed by atoms with Crippen molar-refractivity contribution in [2.75, 3.05) is 12.8 Å². The van der Waals surface area contributed by atoms with Crippen LogP contribution in [0.4, 0.5) is 5.82 Å². The maximum Gasteiger partial charge on any atom is 0.255 e. The molecule has 3 aromatic rings. The van der Waals surface area contributed by atoms with Crippen LogP contribution in [0.2, 0.25) is 0 Å². The molecule has 6 heteroatoms. The van der Waals surface area contributed by atoms with Crippen molar-refractivity contribution < 1.29 is 14.3 Å². The molecule has 1 heterocycles. The average molecular weight is 434 g/mol. The third-order valence-corrected chi connectivity index (χ3v) is 5.10. The number of nitrogen functional groups attached to an aromatic ring is 1. The molecule has 0 unspecified atom stereocenters. The van der Waals surface area contributed by atoms with E-state index in [0.717, 1.165) is 23.5 Å². The number of aryl methyl sites for hydroxylation is 1. The Morgan fingerprint density at radius 1 is 1.00 bits per heavy atom. The fraction of sp³-hybridized carbons (Fsp3) is 0.308. The molecule has 1 aromatic heterocycles. The highest BCUT2D eigenvalue weighted by atomic mass is 16.5. The van der Waals surface area contributed by atoms with Gasteiger partial charge in [0.15, 0.2) is 0 Å². The molecule has 0 aliphatic heterocycles. The molecule has 6 nitrogen and oxygen atoms in total. The number of nitrogens with zero attached hydrogens (tertiary/aromatic N) is 1. The highest BCUT2D eigenvalue weighted by Gasteiger charge is 2.11. The molecular weight excluding hydrogens is 402 g/mol. The van der Waals surface area contributed by atoms with Gasteiger partial charge in [-0.1, -0.05) is 44.0 Å². The molecule has 32 heavy (non-hydrogen) atoms. The van der Waals surface area contributed by atoms with Crippen LogP contribution in [-0.2, 0) is 24.3 Å². The zero-order chi connectivity index (χ0) is 22.8. The van der Waals surface area contributed by atoms with Gasteiger partial charge >= 0.3 is 0 Å². The van der Waals surface area contributed by atoms with Gasteiger partial charge in [-0.2, -0.15) is 0 Å². The predicted octanol–water partition coefficient (Wildman–Crippen LogP) is 5.27. The van der Waals surface area contributed by atoms with E-state index in [2.05, 4.69) is 29.4 Å². The van der Waals surface area contributed by atoms with Gasteiger partial charge in [-0.25, -0.2) is 4.98 Å². The van der Waals surface area contributed by atoms with E-state index in [1.807, 2.05) is 36.4 Å². The largest absolute Gasteiger partial charge is 0.457 e. The van der Waals surface area contributed by atoms with Crippen LogP contribution < -0.4 is 15.8 Å². The van der Waals surface area contributed by atoms with Crippen LogP contribution in [0.1, 0.15) is 53.4 Å². The molecule has 0 radical (unpaired) electrons. The number of ether oxygens (including phenoxy) is 2. The Balaban J connectivity index is 1.54. The normalized spacial score (nSPS) is 10.7. The molecule has 2 aromatic carbocycles. The van der Waals surface area contributed by atoms with Gasteiger partial charge in [0.1, 0.15) is 17.3 Å². The molecule has 168 valence electrons. The third-order valence-electron chi connectivity index (χ3n) is 5.10. The molecule has 0 saturated carbocycles. The first-order valence-electron chi connectivity index (χ1n) is 11.0. The lowest BCUT2D eigenvalue weighted by molar-refractivity contribution is 0.0951. The average Bonchev–Trinajstić information content (AvgIpc) is 2.79. The van der Waals surface area contributed by atoms with Gasteiger partial charge < -0.3 is 20.5 Å². The summed E-state index contributed by atoms with van der Waals surface area (Å²) in [5, 5.41) is 2.88. The summed E-state index contributed by atoms with van der Waals surface area (Å²) in [4.78, 5) is 16.6. The van der Waals surface area contributed by atoms with Gasteiger partial charge in [-0.05, 0) is 60.4 Å². The summed E-state index contributed by atoms with van der Waals surface area (Å²) in [6.07, 6.45) is 4.72. The van der Waals surface area contributed by atoms with Gasteiger partial charge in [-0.3, -0.25) is 4.79 Å². The van der Waals surface area contributed by atoms with E-state index < -0.39 is 0 Å². The molecule has 3 N–H and O–H groups in total. The van der Waals surface area contributed by atoms with Crippen LogP contribution in [0.15, 0.2) is 60.7 Å². The summed E-state index contributed by atoms with van der Waals surface area (Å²) < 4.78 is 11.0. The minimum absolute atomic E-state index is 0.192. The Morgan fingerprint density at radius 2 is 1.81 bits per heavy atom. The lowest BCUT2D eigenvalue weighted by Crippen LogP contribution is -2.24. The van der Waals surface area contributed by atoms with Crippen molar-refractivity contribution in [2.24, 2.45) is 0 Å². The lowest BCUT2D eigenvalue weighted by atomic mass is 10.1. The predicted molar refractivity (Wildman–Crippen MR) is 127 cm³/mol. The van der Waals surface area contributed by atoms with Crippen LogP contribution in [0.3, 0.4) is 0 Å². The maximum atomic E-state index is 12.5. The monoisotopic (exact) mass is 433 g/mol. The fourth-order valence-corrected chi connectivity index (χ4v) is 3.37. The van der Waals surface area contributed by atoms with Gasteiger partial charge in [0, 0.05) is 13.7 Å². The molecular formula is C26H31N3O3. The van der Waals surface area contributed by atoms with Crippen molar-refractivity contribution >= 4 is 11.7 Å². The van der Waals surface area contributed by atoms with E-state index in [1.54, 1.807) is 19.2 Å². The number of carbonyl (C=O) groups excluding carboxylic acids is 1. The first-order valence-corrected chi connectivity index (χ1v) is 11.0. The zero-order valence-corrected chi connectivity index (χ0v) is 18.8. The molecule has 0 spiro atoms. The highest BCUT2D eigenvalue weighted by Crippen LogP contribution is 2.23. The zero-order valence-electron chi connectivity index (χ0n) is 18.8. The van der Waals surface area contributed by atoms with E-state index in [0.29, 0.717) is 24.4 Å². The van der Waals surface area contributed by atoms with Gasteiger partial charge in [0.2, 0.25) is 0 Å². The number of aromatic nitrogens is 1. The number of nitrogens with one attached hydrogen (secondary N) is 1. The van der Waals surface area contributed by atoms with Crippen molar-refractivity contribution in [1.82, 2.24) is 10.3 Å². The van der Waals surface area contributed by atoms with Crippen LogP contribution in [0.25, 0.3) is 0 Å². The number of unbranched alkanes of at least 4 members (excludes halogenated alkanes) is 2. The molecule has 0 saturated heterocycles. The minimum atomic E-state index is -0.265.